The van der Waals surface area contributed by atoms with Crippen LogP contribution in [0.3, 0.4) is 0 Å². The number of hydrogen-bond acceptors (Lipinski definition) is 1. The van der Waals surface area contributed by atoms with E-state index in [1.807, 2.05) is 0 Å². The van der Waals surface area contributed by atoms with E-state index in [9.17, 15) is 0 Å². The molecule has 0 aliphatic heterocycles. The molecule has 0 amide bonds. The molecule has 1 fully saturated rings. The third-order valence-electron chi connectivity index (χ3n) is 5.94. The lowest BCUT2D eigenvalue weighted by atomic mass is 9.73. The topological polar surface area (TPSA) is 12.0 Å². The van der Waals surface area contributed by atoms with Crippen molar-refractivity contribution in [2.45, 2.75) is 64.8 Å². The molecule has 0 heterocycles. The average molecular weight is 285 g/mol. The van der Waals surface area contributed by atoms with E-state index < -0.39 is 0 Å². The van der Waals surface area contributed by atoms with E-state index in [4.69, 9.17) is 0 Å². The van der Waals surface area contributed by atoms with Gasteiger partial charge >= 0.3 is 0 Å². The molecular formula is C20H31N. The molecule has 1 nitrogen and oxygen atoms in total. The van der Waals surface area contributed by atoms with Crippen molar-refractivity contribution >= 4 is 0 Å². The molecule has 1 saturated carbocycles. The number of hydrogen-bond donors (Lipinski definition) is 1. The fourth-order valence-corrected chi connectivity index (χ4v) is 4.83. The molecule has 0 bridgehead atoms. The summed E-state index contributed by atoms with van der Waals surface area (Å²) in [6.07, 6.45) is 9.78. The maximum atomic E-state index is 3.87. The number of benzene rings is 1. The van der Waals surface area contributed by atoms with Crippen molar-refractivity contribution in [3.05, 3.63) is 35.4 Å². The quantitative estimate of drug-likeness (QED) is 0.834. The van der Waals surface area contributed by atoms with Crippen LogP contribution in [0.2, 0.25) is 0 Å². The van der Waals surface area contributed by atoms with E-state index >= 15 is 0 Å². The van der Waals surface area contributed by atoms with Gasteiger partial charge in [-0.15, -0.1) is 0 Å². The smallest absolute Gasteiger partial charge is 0.0130 e. The highest BCUT2D eigenvalue weighted by molar-refractivity contribution is 5.32. The minimum Gasteiger partial charge on any atom is -0.314 e. The van der Waals surface area contributed by atoms with Crippen molar-refractivity contribution < 1.29 is 0 Å². The van der Waals surface area contributed by atoms with Crippen LogP contribution in [0.25, 0.3) is 0 Å². The van der Waals surface area contributed by atoms with E-state index in [2.05, 4.69) is 43.4 Å². The van der Waals surface area contributed by atoms with Crippen LogP contribution in [0.15, 0.2) is 24.3 Å². The highest BCUT2D eigenvalue weighted by Gasteiger charge is 2.35. The van der Waals surface area contributed by atoms with Gasteiger partial charge < -0.3 is 5.32 Å². The Hall–Kier alpha value is -0.820. The van der Waals surface area contributed by atoms with E-state index in [-0.39, 0.29) is 0 Å². The first-order valence-corrected chi connectivity index (χ1v) is 9.12. The Morgan fingerprint density at radius 2 is 1.76 bits per heavy atom. The van der Waals surface area contributed by atoms with Crippen molar-refractivity contribution in [2.24, 2.45) is 17.8 Å². The van der Waals surface area contributed by atoms with Gasteiger partial charge in [-0.25, -0.2) is 0 Å². The van der Waals surface area contributed by atoms with Crippen LogP contribution in [0.4, 0.5) is 0 Å². The van der Waals surface area contributed by atoms with Crippen molar-refractivity contribution in [1.82, 2.24) is 5.32 Å². The SMILES string of the molecule is CCNC(C1Cc2ccccc2C1)C1CCCC(CC)C1. The summed E-state index contributed by atoms with van der Waals surface area (Å²) in [4.78, 5) is 0. The van der Waals surface area contributed by atoms with Gasteiger partial charge in [0.15, 0.2) is 0 Å². The summed E-state index contributed by atoms with van der Waals surface area (Å²) in [5.41, 5.74) is 3.21. The maximum Gasteiger partial charge on any atom is 0.0130 e. The van der Waals surface area contributed by atoms with Crippen LogP contribution in [-0.2, 0) is 12.8 Å². The van der Waals surface area contributed by atoms with Crippen molar-refractivity contribution in [3.8, 4) is 0 Å². The zero-order chi connectivity index (χ0) is 14.7. The molecule has 3 atom stereocenters. The van der Waals surface area contributed by atoms with Crippen LogP contribution in [-0.4, -0.2) is 12.6 Å². The third-order valence-corrected chi connectivity index (χ3v) is 5.94. The van der Waals surface area contributed by atoms with Gasteiger partial charge in [0.05, 0.1) is 0 Å². The Labute approximate surface area is 130 Å². The molecule has 0 radical (unpaired) electrons. The first-order chi connectivity index (χ1) is 10.3. The molecule has 3 rings (SSSR count). The second kappa shape index (κ2) is 6.96. The van der Waals surface area contributed by atoms with Crippen molar-refractivity contribution in [3.63, 3.8) is 0 Å². The Balaban J connectivity index is 1.70. The molecular weight excluding hydrogens is 254 g/mol. The lowest BCUT2D eigenvalue weighted by Gasteiger charge is -2.38. The maximum absolute atomic E-state index is 3.87. The van der Waals surface area contributed by atoms with Gasteiger partial charge in [-0.3, -0.25) is 0 Å². The lowest BCUT2D eigenvalue weighted by Crippen LogP contribution is -2.44. The summed E-state index contributed by atoms with van der Waals surface area (Å²) in [7, 11) is 0. The fraction of sp³-hybridized carbons (Fsp3) is 0.700. The van der Waals surface area contributed by atoms with E-state index in [1.54, 1.807) is 11.1 Å². The standard InChI is InChI=1S/C20H31N/c1-3-15-8-7-11-18(12-15)20(21-4-2)19-13-16-9-5-6-10-17(16)14-19/h5-6,9-10,15,18-21H,3-4,7-8,11-14H2,1-2H3. The molecule has 1 aromatic rings. The van der Waals surface area contributed by atoms with E-state index in [0.29, 0.717) is 0 Å². The van der Waals surface area contributed by atoms with Crippen molar-refractivity contribution in [1.29, 1.82) is 0 Å². The third kappa shape index (κ3) is 3.34. The minimum absolute atomic E-state index is 0.733. The molecule has 116 valence electrons. The molecule has 2 aliphatic carbocycles. The predicted molar refractivity (Wildman–Crippen MR) is 90.5 cm³/mol. The summed E-state index contributed by atoms with van der Waals surface area (Å²) < 4.78 is 0. The zero-order valence-corrected chi connectivity index (χ0v) is 13.8. The lowest BCUT2D eigenvalue weighted by molar-refractivity contribution is 0.171. The molecule has 21 heavy (non-hydrogen) atoms. The van der Waals surface area contributed by atoms with Gasteiger partial charge in [0.25, 0.3) is 0 Å². The number of nitrogens with one attached hydrogen (secondary N) is 1. The fourth-order valence-electron chi connectivity index (χ4n) is 4.83. The molecule has 1 heteroatoms. The minimum atomic E-state index is 0.733. The monoisotopic (exact) mass is 285 g/mol. The van der Waals surface area contributed by atoms with Crippen LogP contribution >= 0.6 is 0 Å². The van der Waals surface area contributed by atoms with E-state index in [0.717, 1.165) is 30.3 Å². The van der Waals surface area contributed by atoms with Gasteiger partial charge in [-0.1, -0.05) is 57.4 Å². The second-order valence-electron chi connectivity index (χ2n) is 7.22. The van der Waals surface area contributed by atoms with Gasteiger partial charge in [-0.2, -0.15) is 0 Å². The van der Waals surface area contributed by atoms with Crippen LogP contribution in [0, 0.1) is 17.8 Å². The molecule has 1 N–H and O–H groups in total. The normalized spacial score (nSPS) is 27.5. The molecule has 0 saturated heterocycles. The van der Waals surface area contributed by atoms with Crippen LogP contribution in [0.1, 0.15) is 57.1 Å². The molecule has 0 spiro atoms. The first-order valence-electron chi connectivity index (χ1n) is 9.12. The Bertz CT molecular complexity index is 428. The highest BCUT2D eigenvalue weighted by atomic mass is 14.9. The summed E-state index contributed by atoms with van der Waals surface area (Å²) >= 11 is 0. The Morgan fingerprint density at radius 3 is 2.38 bits per heavy atom. The Morgan fingerprint density at radius 1 is 1.05 bits per heavy atom. The molecule has 2 aliphatic rings. The first kappa shape index (κ1) is 15.1. The largest absolute Gasteiger partial charge is 0.314 e. The van der Waals surface area contributed by atoms with Crippen LogP contribution in [0.5, 0.6) is 0 Å². The van der Waals surface area contributed by atoms with Gasteiger partial charge in [-0.05, 0) is 61.1 Å². The number of fused-ring (bicyclic) bond motifs is 1. The Kier molecular flexibility index (Phi) is 5.00. The molecule has 1 aromatic carbocycles. The van der Waals surface area contributed by atoms with E-state index in [1.165, 1.54) is 44.9 Å². The number of rotatable bonds is 5. The summed E-state index contributed by atoms with van der Waals surface area (Å²) in [5.74, 6) is 2.71. The zero-order valence-electron chi connectivity index (χ0n) is 13.8. The van der Waals surface area contributed by atoms with Crippen molar-refractivity contribution in [2.75, 3.05) is 6.54 Å². The van der Waals surface area contributed by atoms with Gasteiger partial charge in [0.1, 0.15) is 0 Å². The summed E-state index contributed by atoms with van der Waals surface area (Å²) in [6, 6.07) is 9.83. The summed E-state index contributed by atoms with van der Waals surface area (Å²) in [5, 5.41) is 3.87. The predicted octanol–water partition coefficient (Wildman–Crippen LogP) is 4.60. The average Bonchev–Trinajstić information content (AvgIpc) is 2.96. The van der Waals surface area contributed by atoms with Gasteiger partial charge in [0, 0.05) is 6.04 Å². The second-order valence-corrected chi connectivity index (χ2v) is 7.22. The highest BCUT2D eigenvalue weighted by Crippen LogP contribution is 2.38. The van der Waals surface area contributed by atoms with Gasteiger partial charge in [0.2, 0.25) is 0 Å². The molecule has 0 aromatic heterocycles. The summed E-state index contributed by atoms with van der Waals surface area (Å²) in [6.45, 7) is 5.76. The van der Waals surface area contributed by atoms with Crippen LogP contribution < -0.4 is 5.32 Å². The molecule has 3 unspecified atom stereocenters.